The van der Waals surface area contributed by atoms with Gasteiger partial charge in [-0.3, -0.25) is 0 Å². The van der Waals surface area contributed by atoms with E-state index in [1.807, 2.05) is 13.8 Å². The molecule has 20 nitrogen and oxygen atoms in total. The molecule has 3 aliphatic rings. The molecule has 0 spiro atoms. The Kier molecular flexibility index (Phi) is 21.6. The van der Waals surface area contributed by atoms with E-state index in [2.05, 4.69) is 24.9 Å². The molecule has 3 aliphatic carbocycles. The fourth-order valence-electron chi connectivity index (χ4n) is 10.5. The van der Waals surface area contributed by atoms with Gasteiger partial charge in [0.15, 0.2) is 29.8 Å². The van der Waals surface area contributed by atoms with Crippen LogP contribution < -0.4 is 22.9 Å². The summed E-state index contributed by atoms with van der Waals surface area (Å²) >= 11 is 24.6. The van der Waals surface area contributed by atoms with Crippen molar-refractivity contribution in [1.29, 1.82) is 0 Å². The summed E-state index contributed by atoms with van der Waals surface area (Å²) in [5, 5.41) is 23.6. The van der Waals surface area contributed by atoms with Gasteiger partial charge in [0.1, 0.15) is 5.15 Å². The Hall–Kier alpha value is -4.76. The number of hydrogen-bond acceptors (Lipinski definition) is 13. The maximum Gasteiger partial charge on any atom is 0.243 e. The summed E-state index contributed by atoms with van der Waals surface area (Å²) < 4.78 is 83.2. The normalized spacial score (nSPS) is 15.8. The average molecular weight is 1240 g/mol. The minimum absolute atomic E-state index is 0.0280. The zero-order chi connectivity index (χ0) is 58.1. The predicted molar refractivity (Wildman–Crippen MR) is 318 cm³/mol. The first-order valence-corrected chi connectivity index (χ1v) is 32.2. The number of rotatable bonds is 18. The van der Waals surface area contributed by atoms with Crippen molar-refractivity contribution in [3.8, 4) is 0 Å². The minimum atomic E-state index is -4.00. The summed E-state index contributed by atoms with van der Waals surface area (Å²) in [7, 11) is -11.2. The highest BCUT2D eigenvalue weighted by atomic mass is 35.5. The highest BCUT2D eigenvalue weighted by Gasteiger charge is 2.32. The van der Waals surface area contributed by atoms with Crippen molar-refractivity contribution in [1.82, 2.24) is 27.9 Å². The molecule has 80 heavy (non-hydrogen) atoms. The number of aliphatic hydroxyl groups excluding tert-OH is 1. The van der Waals surface area contributed by atoms with Gasteiger partial charge < -0.3 is 33.1 Å². The number of aromatic nitrogens is 3. The molecule has 0 unspecified atom stereocenters. The SMILES string of the molecule is CCN(CC1CCCC1)S(=O)(=O)c1ccc2c(Cl)cnc(Cl)c2c1.CCN(CC1CCCC1)S(=O)(=O)c1ccc2c(Cl)cnc(N=C(N)N)c2c1.NC(N)=Nc1ncc(Cl)c2ccc(S(=O)(=O)N(CC(O)O)CC3CCCC3)cc12. The molecule has 3 heterocycles. The van der Waals surface area contributed by atoms with Gasteiger partial charge in [0, 0.05) is 83.6 Å². The number of guanidine groups is 2. The molecule has 9 rings (SSSR count). The van der Waals surface area contributed by atoms with E-state index in [1.54, 1.807) is 51.1 Å². The van der Waals surface area contributed by atoms with Crippen LogP contribution in [0.2, 0.25) is 20.2 Å². The Morgan fingerprint density at radius 1 is 0.512 bits per heavy atom. The third-order valence-corrected chi connectivity index (χ3v) is 21.5. The lowest BCUT2D eigenvalue weighted by Crippen LogP contribution is -2.40. The van der Waals surface area contributed by atoms with Crippen LogP contribution in [0.3, 0.4) is 0 Å². The van der Waals surface area contributed by atoms with Gasteiger partial charge in [-0.15, -0.1) is 0 Å². The minimum Gasteiger partial charge on any atom is -0.370 e. The second-order valence-electron chi connectivity index (χ2n) is 20.1. The molecule has 27 heteroatoms. The van der Waals surface area contributed by atoms with Crippen LogP contribution in [0.25, 0.3) is 32.3 Å². The molecule has 3 saturated carbocycles. The molecular weight excluding hydrogens is 1170 g/mol. The van der Waals surface area contributed by atoms with E-state index in [0.717, 1.165) is 55.7 Å². The van der Waals surface area contributed by atoms with Gasteiger partial charge in [-0.25, -0.2) is 40.2 Å². The maximum atomic E-state index is 13.3. The molecule has 0 saturated heterocycles. The molecular formula is C53H68Cl4N12O8S3. The number of benzene rings is 3. The van der Waals surface area contributed by atoms with Crippen LogP contribution >= 0.6 is 46.4 Å². The number of aliphatic imine (C=N–C) groups is 2. The fourth-order valence-corrected chi connectivity index (χ4v) is 16.0. The van der Waals surface area contributed by atoms with Gasteiger partial charge in [0.25, 0.3) is 0 Å². The van der Waals surface area contributed by atoms with Crippen LogP contribution in [0, 0.1) is 17.8 Å². The number of aliphatic hydroxyl groups is 2. The lowest BCUT2D eigenvalue weighted by molar-refractivity contribution is -0.0504. The van der Waals surface area contributed by atoms with E-state index in [-0.39, 0.29) is 55.9 Å². The standard InChI is InChI=1S/C18H24ClN5O4S.C18H24ClN5O2S.C17H20Cl2N2O2S/c19-15-8-22-17(23-18(20)21)14-7-12(5-6-13(14)15)29(27,28)24(10-16(25)26)9-11-3-1-2-4-11;1-2-24(11-12-5-3-4-6-12)27(25,26)13-7-8-14-15(9-13)17(23-18(20)21)22-10-16(14)19;1-2-21(11-12-5-3-4-6-12)24(22,23)13-7-8-14-15(9-13)17(19)20-10-16(14)18/h5-8,11,16,25-26H,1-4,9-10H2,(H4,20,21,22,23);7-10,12H,2-6,11H2,1H3,(H4,20,21,22,23);7-10,12H,2-6,11H2,1H3. The molecule has 3 aromatic heterocycles. The third-order valence-electron chi connectivity index (χ3n) is 14.6. The van der Waals surface area contributed by atoms with Crippen LogP contribution in [-0.4, -0.2) is 121 Å². The van der Waals surface area contributed by atoms with E-state index in [1.165, 1.54) is 56.4 Å². The van der Waals surface area contributed by atoms with E-state index < -0.39 is 42.9 Å². The van der Waals surface area contributed by atoms with E-state index in [0.29, 0.717) is 85.4 Å². The molecule has 0 atom stereocenters. The molecule has 0 aliphatic heterocycles. The van der Waals surface area contributed by atoms with Crippen molar-refractivity contribution >= 4 is 132 Å². The Labute approximate surface area is 487 Å². The quantitative estimate of drug-likeness (QED) is 0.0202. The van der Waals surface area contributed by atoms with Crippen molar-refractivity contribution in [2.24, 2.45) is 50.7 Å². The molecule has 6 aromatic rings. The Balaban J connectivity index is 0.000000174. The summed E-state index contributed by atoms with van der Waals surface area (Å²) in [4.78, 5) is 20.5. The predicted octanol–water partition coefficient (Wildman–Crippen LogP) is 9.02. The van der Waals surface area contributed by atoms with Crippen molar-refractivity contribution in [2.45, 2.75) is 112 Å². The summed E-state index contributed by atoms with van der Waals surface area (Å²) in [6.45, 7) is 5.56. The van der Waals surface area contributed by atoms with Gasteiger partial charge in [0.2, 0.25) is 30.1 Å². The van der Waals surface area contributed by atoms with Crippen LogP contribution in [0.1, 0.15) is 90.9 Å². The van der Waals surface area contributed by atoms with Gasteiger partial charge in [-0.2, -0.15) is 22.9 Å². The lowest BCUT2D eigenvalue weighted by atomic mass is 10.1. The third kappa shape index (κ3) is 15.3. The number of sulfonamides is 3. The van der Waals surface area contributed by atoms with Crippen molar-refractivity contribution < 1.29 is 35.5 Å². The van der Waals surface area contributed by atoms with Crippen LogP contribution in [-0.2, 0) is 30.1 Å². The largest absolute Gasteiger partial charge is 0.370 e. The first kappa shape index (κ1) is 62.8. The molecule has 434 valence electrons. The number of pyridine rings is 3. The van der Waals surface area contributed by atoms with E-state index in [9.17, 15) is 35.5 Å². The Morgan fingerprint density at radius 2 is 0.825 bits per heavy atom. The summed E-state index contributed by atoms with van der Waals surface area (Å²) in [5.41, 5.74) is 21.8. The molecule has 3 fully saturated rings. The Bertz CT molecular complexity index is 3580. The smallest absolute Gasteiger partial charge is 0.243 e. The second-order valence-corrected chi connectivity index (χ2v) is 27.5. The zero-order valence-corrected chi connectivity index (χ0v) is 49.9. The Morgan fingerprint density at radius 3 is 1.16 bits per heavy atom. The number of hydrogen-bond donors (Lipinski definition) is 6. The topological polar surface area (TPSA) is 320 Å². The van der Waals surface area contributed by atoms with Crippen molar-refractivity contribution in [3.05, 3.63) is 93.4 Å². The summed E-state index contributed by atoms with van der Waals surface area (Å²) in [5.74, 6) is 1.08. The lowest BCUT2D eigenvalue weighted by Gasteiger charge is -2.26. The van der Waals surface area contributed by atoms with E-state index >= 15 is 0 Å². The van der Waals surface area contributed by atoms with Crippen LogP contribution in [0.4, 0.5) is 11.6 Å². The fraction of sp³-hybridized carbons (Fsp3) is 0.453. The number of nitrogens with zero attached hydrogens (tertiary/aromatic N) is 8. The number of nitrogens with two attached hydrogens (primary N) is 4. The second kappa shape index (κ2) is 27.5. The molecule has 0 radical (unpaired) electrons. The zero-order valence-electron chi connectivity index (χ0n) is 44.4. The molecule has 3 aromatic carbocycles. The van der Waals surface area contributed by atoms with Gasteiger partial charge in [0.05, 0.1) is 36.3 Å². The van der Waals surface area contributed by atoms with E-state index in [4.69, 9.17) is 69.3 Å². The van der Waals surface area contributed by atoms with Gasteiger partial charge in [-0.1, -0.05) is 117 Å². The maximum absolute atomic E-state index is 13.3. The molecule has 0 bridgehead atoms. The van der Waals surface area contributed by atoms with Crippen molar-refractivity contribution in [3.63, 3.8) is 0 Å². The first-order valence-electron chi connectivity index (χ1n) is 26.4. The van der Waals surface area contributed by atoms with Gasteiger partial charge >= 0.3 is 0 Å². The summed E-state index contributed by atoms with van der Waals surface area (Å²) in [6.07, 6.45) is 15.5. The molecule has 10 N–H and O–H groups in total. The van der Waals surface area contributed by atoms with Gasteiger partial charge in [-0.05, 0) is 92.7 Å². The van der Waals surface area contributed by atoms with Crippen molar-refractivity contribution in [2.75, 3.05) is 39.3 Å². The first-order chi connectivity index (χ1) is 37.9. The highest BCUT2D eigenvalue weighted by Crippen LogP contribution is 2.37. The number of halogens is 4. The number of fused-ring (bicyclic) bond motifs is 3. The highest BCUT2D eigenvalue weighted by molar-refractivity contribution is 7.89. The summed E-state index contributed by atoms with van der Waals surface area (Å²) in [6, 6.07) is 14.0. The van der Waals surface area contributed by atoms with Crippen LogP contribution in [0.5, 0.6) is 0 Å². The molecule has 0 amide bonds. The monoisotopic (exact) mass is 1240 g/mol. The average Bonchev–Trinajstić information content (AvgIpc) is 4.26. The van der Waals surface area contributed by atoms with Crippen LogP contribution in [0.15, 0.2) is 97.9 Å².